The zero-order chi connectivity index (χ0) is 26.7. The van der Waals surface area contributed by atoms with E-state index in [2.05, 4.69) is 61.5 Å². The van der Waals surface area contributed by atoms with Crippen LogP contribution < -0.4 is 10.6 Å². The van der Waals surface area contributed by atoms with Gasteiger partial charge in [-0.1, -0.05) is 20.8 Å². The van der Waals surface area contributed by atoms with E-state index in [1.807, 2.05) is 13.0 Å². The minimum Gasteiger partial charge on any atom is -0.342 e. The SMILES string of the molecule is Cc1nnc(NC(=O)c2cnc(C(C)NC(=O)c3cc(-c4cccnc4F)ncn3)s2)cc1C(C)(C)C. The number of aryl methyl sites for hydroxylation is 1. The molecule has 0 bridgehead atoms. The maximum atomic E-state index is 14.0. The van der Waals surface area contributed by atoms with E-state index >= 15 is 0 Å². The van der Waals surface area contributed by atoms with E-state index in [1.54, 1.807) is 13.0 Å². The first-order valence-corrected chi connectivity index (χ1v) is 12.2. The highest BCUT2D eigenvalue weighted by molar-refractivity contribution is 7.13. The summed E-state index contributed by atoms with van der Waals surface area (Å²) in [5.74, 6) is -1.22. The van der Waals surface area contributed by atoms with Crippen LogP contribution in [0.25, 0.3) is 11.3 Å². The van der Waals surface area contributed by atoms with Crippen LogP contribution in [0, 0.1) is 12.9 Å². The molecule has 0 spiro atoms. The summed E-state index contributed by atoms with van der Waals surface area (Å²) in [5.41, 5.74) is 2.09. The number of carbonyl (C=O) groups is 2. The molecule has 0 saturated heterocycles. The van der Waals surface area contributed by atoms with Crippen molar-refractivity contribution >= 4 is 29.0 Å². The molecule has 0 aliphatic heterocycles. The number of nitrogens with one attached hydrogen (secondary N) is 2. The molecule has 190 valence electrons. The van der Waals surface area contributed by atoms with E-state index in [9.17, 15) is 14.0 Å². The summed E-state index contributed by atoms with van der Waals surface area (Å²) >= 11 is 1.14. The number of nitrogens with zero attached hydrogens (tertiary/aromatic N) is 6. The molecule has 0 saturated carbocycles. The van der Waals surface area contributed by atoms with Gasteiger partial charge in [-0.3, -0.25) is 9.59 Å². The molecule has 0 radical (unpaired) electrons. The fourth-order valence-corrected chi connectivity index (χ4v) is 4.40. The Morgan fingerprint density at radius 2 is 1.84 bits per heavy atom. The van der Waals surface area contributed by atoms with Crippen LogP contribution in [0.4, 0.5) is 10.2 Å². The highest BCUT2D eigenvalue weighted by Gasteiger charge is 2.21. The molecule has 2 N–H and O–H groups in total. The Balaban J connectivity index is 1.44. The Hall–Kier alpha value is -4.19. The number of aromatic nitrogens is 6. The monoisotopic (exact) mass is 520 g/mol. The van der Waals surface area contributed by atoms with E-state index in [1.165, 1.54) is 30.9 Å². The predicted octanol–water partition coefficient (Wildman–Crippen LogP) is 4.27. The van der Waals surface area contributed by atoms with Crippen LogP contribution in [0.1, 0.15) is 70.2 Å². The Kier molecular flexibility index (Phi) is 7.30. The van der Waals surface area contributed by atoms with Crippen molar-refractivity contribution in [2.45, 2.75) is 46.1 Å². The fourth-order valence-electron chi connectivity index (χ4n) is 3.58. The minimum atomic E-state index is -0.694. The zero-order valence-corrected chi connectivity index (χ0v) is 21.7. The van der Waals surface area contributed by atoms with Gasteiger partial charge in [0.05, 0.1) is 29.2 Å². The van der Waals surface area contributed by atoms with Crippen LogP contribution in [0.15, 0.2) is 43.0 Å². The van der Waals surface area contributed by atoms with Gasteiger partial charge >= 0.3 is 0 Å². The van der Waals surface area contributed by atoms with Crippen LogP contribution in [0.3, 0.4) is 0 Å². The van der Waals surface area contributed by atoms with E-state index in [4.69, 9.17) is 0 Å². The third-order valence-electron chi connectivity index (χ3n) is 5.43. The zero-order valence-electron chi connectivity index (χ0n) is 20.9. The summed E-state index contributed by atoms with van der Waals surface area (Å²) in [4.78, 5) is 41.9. The largest absolute Gasteiger partial charge is 0.342 e. The standard InChI is InChI=1S/C25H25FN8O2S/c1-13-16(25(3,4)5)9-20(34-33-13)32-23(36)19-11-28-24(37-19)14(2)31-22(35)18-10-17(29-12-30-18)15-7-6-8-27-21(15)26/h6-12,14H,1-5H3,(H,31,35)(H,32,34,36). The lowest BCUT2D eigenvalue weighted by Gasteiger charge is -2.21. The van der Waals surface area contributed by atoms with Gasteiger partial charge in [0, 0.05) is 6.20 Å². The molecule has 4 aromatic heterocycles. The van der Waals surface area contributed by atoms with Gasteiger partial charge in [0.25, 0.3) is 11.8 Å². The molecule has 0 aliphatic rings. The smallest absolute Gasteiger partial charge is 0.270 e. The summed E-state index contributed by atoms with van der Waals surface area (Å²) in [7, 11) is 0. The molecule has 4 aromatic rings. The first-order valence-electron chi connectivity index (χ1n) is 11.4. The van der Waals surface area contributed by atoms with Gasteiger partial charge in [-0.2, -0.15) is 9.49 Å². The summed E-state index contributed by atoms with van der Waals surface area (Å²) < 4.78 is 14.0. The van der Waals surface area contributed by atoms with Gasteiger partial charge in [0.15, 0.2) is 5.82 Å². The van der Waals surface area contributed by atoms with Gasteiger partial charge in [0.1, 0.15) is 21.9 Å². The molecule has 1 unspecified atom stereocenters. The topological polar surface area (TPSA) is 136 Å². The van der Waals surface area contributed by atoms with E-state index in [-0.39, 0.29) is 28.3 Å². The van der Waals surface area contributed by atoms with Crippen molar-refractivity contribution in [2.75, 3.05) is 5.32 Å². The Bertz CT molecular complexity index is 1470. The summed E-state index contributed by atoms with van der Waals surface area (Å²) in [6, 6.07) is 5.78. The van der Waals surface area contributed by atoms with Gasteiger partial charge in [-0.25, -0.2) is 19.9 Å². The van der Waals surface area contributed by atoms with Crippen LogP contribution in [-0.4, -0.2) is 41.9 Å². The van der Waals surface area contributed by atoms with Gasteiger partial charge in [-0.05, 0) is 49.1 Å². The maximum Gasteiger partial charge on any atom is 0.270 e. The number of rotatable bonds is 6. The molecule has 37 heavy (non-hydrogen) atoms. The molecule has 4 rings (SSSR count). The lowest BCUT2D eigenvalue weighted by atomic mass is 9.86. The highest BCUT2D eigenvalue weighted by atomic mass is 32.1. The van der Waals surface area contributed by atoms with Gasteiger partial charge in [0.2, 0.25) is 5.95 Å². The van der Waals surface area contributed by atoms with Crippen molar-refractivity contribution in [3.63, 3.8) is 0 Å². The maximum absolute atomic E-state index is 14.0. The second-order valence-corrected chi connectivity index (χ2v) is 10.4. The molecule has 10 nitrogen and oxygen atoms in total. The number of amides is 2. The fraction of sp³-hybridized carbons (Fsp3) is 0.280. The average Bonchev–Trinajstić information content (AvgIpc) is 3.36. The third kappa shape index (κ3) is 5.97. The number of pyridine rings is 1. The number of thiazole rings is 1. The second-order valence-electron chi connectivity index (χ2n) is 9.32. The molecule has 0 fully saturated rings. The number of hydrogen-bond donors (Lipinski definition) is 2. The summed E-state index contributed by atoms with van der Waals surface area (Å²) in [6.45, 7) is 9.81. The predicted molar refractivity (Wildman–Crippen MR) is 137 cm³/mol. The lowest BCUT2D eigenvalue weighted by molar-refractivity contribution is 0.0934. The molecule has 0 aromatic carbocycles. The normalized spacial score (nSPS) is 12.2. The Morgan fingerprint density at radius 3 is 2.57 bits per heavy atom. The quantitative estimate of drug-likeness (QED) is 0.360. The van der Waals surface area contributed by atoms with Crippen molar-refractivity contribution in [3.05, 3.63) is 75.8 Å². The molecule has 0 aliphatic carbocycles. The number of anilines is 1. The Morgan fingerprint density at radius 1 is 1.05 bits per heavy atom. The van der Waals surface area contributed by atoms with Crippen molar-refractivity contribution in [1.82, 2.24) is 35.5 Å². The van der Waals surface area contributed by atoms with Crippen molar-refractivity contribution in [2.24, 2.45) is 0 Å². The van der Waals surface area contributed by atoms with Crippen molar-refractivity contribution < 1.29 is 14.0 Å². The van der Waals surface area contributed by atoms with Crippen LogP contribution in [0.2, 0.25) is 0 Å². The van der Waals surface area contributed by atoms with Gasteiger partial charge < -0.3 is 10.6 Å². The van der Waals surface area contributed by atoms with Crippen LogP contribution >= 0.6 is 11.3 Å². The third-order valence-corrected chi connectivity index (χ3v) is 6.61. The lowest BCUT2D eigenvalue weighted by Crippen LogP contribution is -2.27. The summed E-state index contributed by atoms with van der Waals surface area (Å²) in [6.07, 6.45) is 3.96. The molecular weight excluding hydrogens is 495 g/mol. The minimum absolute atomic E-state index is 0.0576. The Labute approximate surface area is 216 Å². The summed E-state index contributed by atoms with van der Waals surface area (Å²) in [5, 5.41) is 14.3. The van der Waals surface area contributed by atoms with E-state index in [0.717, 1.165) is 22.6 Å². The van der Waals surface area contributed by atoms with E-state index < -0.39 is 17.9 Å². The molecule has 2 amide bonds. The molecule has 4 heterocycles. The number of carbonyl (C=O) groups excluding carboxylic acids is 2. The van der Waals surface area contributed by atoms with Crippen molar-refractivity contribution in [3.8, 4) is 11.3 Å². The van der Waals surface area contributed by atoms with Gasteiger partial charge in [-0.15, -0.1) is 16.4 Å². The average molecular weight is 521 g/mol. The van der Waals surface area contributed by atoms with Crippen molar-refractivity contribution in [1.29, 1.82) is 0 Å². The van der Waals surface area contributed by atoms with Crippen LogP contribution in [-0.2, 0) is 5.41 Å². The number of halogens is 1. The van der Waals surface area contributed by atoms with Crippen LogP contribution in [0.5, 0.6) is 0 Å². The number of hydrogen-bond acceptors (Lipinski definition) is 9. The highest BCUT2D eigenvalue weighted by Crippen LogP contribution is 2.27. The molecular formula is C25H25FN8O2S. The first-order chi connectivity index (χ1) is 17.5. The molecule has 1 atom stereocenters. The second kappa shape index (κ2) is 10.4. The first kappa shape index (κ1) is 25.9. The van der Waals surface area contributed by atoms with E-state index in [0.29, 0.717) is 15.7 Å². The molecule has 12 heteroatoms.